The third kappa shape index (κ3) is 2.83. The zero-order valence-electron chi connectivity index (χ0n) is 10.2. The normalized spacial score (nSPS) is 10.2. The van der Waals surface area contributed by atoms with Gasteiger partial charge in [-0.3, -0.25) is 4.79 Å². The van der Waals surface area contributed by atoms with E-state index in [0.29, 0.717) is 13.1 Å². The number of hydrogen-bond acceptors (Lipinski definition) is 2. The Morgan fingerprint density at radius 1 is 1.38 bits per heavy atom. The molecule has 0 aliphatic carbocycles. The Labute approximate surface area is 96.7 Å². The lowest BCUT2D eigenvalue weighted by Gasteiger charge is -2.20. The van der Waals surface area contributed by atoms with E-state index in [1.165, 1.54) is 0 Å². The molecule has 0 aromatic heterocycles. The van der Waals surface area contributed by atoms with E-state index in [9.17, 15) is 4.79 Å². The van der Waals surface area contributed by atoms with Crippen LogP contribution in [0.3, 0.4) is 0 Å². The summed E-state index contributed by atoms with van der Waals surface area (Å²) in [5.74, 6) is -0.00551. The predicted molar refractivity (Wildman–Crippen MR) is 64.6 cm³/mol. The van der Waals surface area contributed by atoms with Gasteiger partial charge < -0.3 is 10.0 Å². The third-order valence-corrected chi connectivity index (χ3v) is 2.65. The monoisotopic (exact) mass is 221 g/mol. The van der Waals surface area contributed by atoms with Crippen LogP contribution in [0.1, 0.15) is 28.4 Å². The number of benzene rings is 1. The number of aliphatic hydroxyl groups excluding tert-OH is 1. The SMILES string of the molecule is CCN(CCO)C(=O)c1ccc(C)cc1C. The lowest BCUT2D eigenvalue weighted by molar-refractivity contribution is 0.0731. The summed E-state index contributed by atoms with van der Waals surface area (Å²) in [5.41, 5.74) is 2.86. The highest BCUT2D eigenvalue weighted by Crippen LogP contribution is 2.13. The fourth-order valence-electron chi connectivity index (χ4n) is 1.75. The second kappa shape index (κ2) is 5.66. The molecule has 0 saturated heterocycles. The molecule has 0 bridgehead atoms. The van der Waals surface area contributed by atoms with Crippen LogP contribution >= 0.6 is 0 Å². The minimum absolute atomic E-state index is 0.00445. The summed E-state index contributed by atoms with van der Waals surface area (Å²) in [5, 5.41) is 8.88. The Balaban J connectivity index is 2.94. The molecule has 1 amide bonds. The number of rotatable bonds is 4. The molecule has 0 radical (unpaired) electrons. The zero-order valence-corrected chi connectivity index (χ0v) is 10.2. The first-order valence-electron chi connectivity index (χ1n) is 5.57. The van der Waals surface area contributed by atoms with Crippen molar-refractivity contribution >= 4 is 5.91 Å². The van der Waals surface area contributed by atoms with Gasteiger partial charge in [0.1, 0.15) is 0 Å². The van der Waals surface area contributed by atoms with E-state index >= 15 is 0 Å². The average molecular weight is 221 g/mol. The second-order valence-corrected chi connectivity index (χ2v) is 3.93. The first kappa shape index (κ1) is 12.7. The Morgan fingerprint density at radius 3 is 2.56 bits per heavy atom. The van der Waals surface area contributed by atoms with Gasteiger partial charge >= 0.3 is 0 Å². The highest BCUT2D eigenvalue weighted by atomic mass is 16.3. The number of likely N-dealkylation sites (N-methyl/N-ethyl adjacent to an activating group) is 1. The smallest absolute Gasteiger partial charge is 0.254 e. The van der Waals surface area contributed by atoms with Crippen LogP contribution in [0.5, 0.6) is 0 Å². The molecule has 0 unspecified atom stereocenters. The second-order valence-electron chi connectivity index (χ2n) is 3.93. The van der Waals surface area contributed by atoms with Crippen LogP contribution in [0.25, 0.3) is 0 Å². The van der Waals surface area contributed by atoms with Crippen LogP contribution in [-0.4, -0.2) is 35.6 Å². The standard InChI is InChI=1S/C13H19NO2/c1-4-14(7-8-15)13(16)12-6-5-10(2)9-11(12)3/h5-6,9,15H,4,7-8H2,1-3H3. The summed E-state index contributed by atoms with van der Waals surface area (Å²) < 4.78 is 0. The zero-order chi connectivity index (χ0) is 12.1. The molecule has 1 aromatic carbocycles. The summed E-state index contributed by atoms with van der Waals surface area (Å²) in [7, 11) is 0. The van der Waals surface area contributed by atoms with Gasteiger partial charge in [0.2, 0.25) is 0 Å². The third-order valence-electron chi connectivity index (χ3n) is 2.65. The molecule has 1 N–H and O–H groups in total. The number of aliphatic hydroxyl groups is 1. The molecular formula is C13H19NO2. The number of hydrogen-bond donors (Lipinski definition) is 1. The molecule has 0 saturated carbocycles. The minimum atomic E-state index is -0.00551. The molecule has 3 nitrogen and oxygen atoms in total. The van der Waals surface area contributed by atoms with E-state index < -0.39 is 0 Å². The van der Waals surface area contributed by atoms with E-state index in [0.717, 1.165) is 16.7 Å². The van der Waals surface area contributed by atoms with Crippen molar-refractivity contribution in [1.29, 1.82) is 0 Å². The van der Waals surface area contributed by atoms with Gasteiger partial charge in [0, 0.05) is 18.7 Å². The van der Waals surface area contributed by atoms with E-state index in [1.54, 1.807) is 4.90 Å². The number of aryl methyl sites for hydroxylation is 2. The molecule has 0 aliphatic heterocycles. The summed E-state index contributed by atoms with van der Waals surface area (Å²) in [6.45, 7) is 6.87. The van der Waals surface area contributed by atoms with Crippen molar-refractivity contribution in [2.24, 2.45) is 0 Å². The summed E-state index contributed by atoms with van der Waals surface area (Å²) >= 11 is 0. The van der Waals surface area contributed by atoms with Gasteiger partial charge in [0.25, 0.3) is 5.91 Å². The van der Waals surface area contributed by atoms with Crippen LogP contribution in [-0.2, 0) is 0 Å². The molecule has 0 atom stereocenters. The predicted octanol–water partition coefficient (Wildman–Crippen LogP) is 1.76. The molecule has 3 heteroatoms. The molecule has 88 valence electrons. The van der Waals surface area contributed by atoms with Crippen LogP contribution in [0.4, 0.5) is 0 Å². The molecule has 1 aromatic rings. The van der Waals surface area contributed by atoms with Gasteiger partial charge in [-0.1, -0.05) is 17.7 Å². The van der Waals surface area contributed by atoms with Crippen LogP contribution in [0.15, 0.2) is 18.2 Å². The van der Waals surface area contributed by atoms with E-state index in [4.69, 9.17) is 5.11 Å². The van der Waals surface area contributed by atoms with Gasteiger partial charge in [-0.05, 0) is 32.4 Å². The number of amides is 1. The summed E-state index contributed by atoms with van der Waals surface area (Å²) in [4.78, 5) is 13.8. The molecule has 16 heavy (non-hydrogen) atoms. The van der Waals surface area contributed by atoms with Gasteiger partial charge in [-0.2, -0.15) is 0 Å². The lowest BCUT2D eigenvalue weighted by Crippen LogP contribution is -2.33. The highest BCUT2D eigenvalue weighted by Gasteiger charge is 2.15. The Bertz CT molecular complexity index is 374. The maximum Gasteiger partial charge on any atom is 0.254 e. The topological polar surface area (TPSA) is 40.5 Å². The van der Waals surface area contributed by atoms with E-state index in [2.05, 4.69) is 0 Å². The minimum Gasteiger partial charge on any atom is -0.395 e. The van der Waals surface area contributed by atoms with Crippen molar-refractivity contribution in [3.63, 3.8) is 0 Å². The quantitative estimate of drug-likeness (QED) is 0.841. The Hall–Kier alpha value is -1.35. The maximum atomic E-state index is 12.1. The molecule has 0 spiro atoms. The van der Waals surface area contributed by atoms with E-state index in [-0.39, 0.29) is 12.5 Å². The van der Waals surface area contributed by atoms with Gasteiger partial charge in [-0.25, -0.2) is 0 Å². The van der Waals surface area contributed by atoms with Crippen molar-refractivity contribution in [1.82, 2.24) is 4.90 Å². The van der Waals surface area contributed by atoms with Gasteiger partial charge in [-0.15, -0.1) is 0 Å². The van der Waals surface area contributed by atoms with Gasteiger partial charge in [0.05, 0.1) is 6.61 Å². The Kier molecular flexibility index (Phi) is 4.50. The fraction of sp³-hybridized carbons (Fsp3) is 0.462. The fourth-order valence-corrected chi connectivity index (χ4v) is 1.75. The molecule has 1 rings (SSSR count). The Morgan fingerprint density at radius 2 is 2.06 bits per heavy atom. The van der Waals surface area contributed by atoms with Crippen molar-refractivity contribution in [2.75, 3.05) is 19.7 Å². The highest BCUT2D eigenvalue weighted by molar-refractivity contribution is 5.95. The largest absolute Gasteiger partial charge is 0.395 e. The number of carbonyl (C=O) groups is 1. The van der Waals surface area contributed by atoms with Crippen molar-refractivity contribution in [3.05, 3.63) is 34.9 Å². The first-order valence-corrected chi connectivity index (χ1v) is 5.57. The number of nitrogens with zero attached hydrogens (tertiary/aromatic N) is 1. The van der Waals surface area contributed by atoms with Crippen LogP contribution in [0.2, 0.25) is 0 Å². The number of carbonyl (C=O) groups excluding carboxylic acids is 1. The lowest BCUT2D eigenvalue weighted by atomic mass is 10.0. The van der Waals surface area contributed by atoms with E-state index in [1.807, 2.05) is 39.0 Å². The molecular weight excluding hydrogens is 202 g/mol. The van der Waals surface area contributed by atoms with Crippen molar-refractivity contribution in [2.45, 2.75) is 20.8 Å². The summed E-state index contributed by atoms with van der Waals surface area (Å²) in [6.07, 6.45) is 0. The molecule has 0 heterocycles. The first-order chi connectivity index (χ1) is 7.60. The van der Waals surface area contributed by atoms with Crippen LogP contribution in [0, 0.1) is 13.8 Å². The van der Waals surface area contributed by atoms with Crippen LogP contribution < -0.4 is 0 Å². The molecule has 0 fully saturated rings. The maximum absolute atomic E-state index is 12.1. The van der Waals surface area contributed by atoms with Crippen molar-refractivity contribution < 1.29 is 9.90 Å². The molecule has 0 aliphatic rings. The van der Waals surface area contributed by atoms with Gasteiger partial charge in [0.15, 0.2) is 0 Å². The summed E-state index contributed by atoms with van der Waals surface area (Å²) in [6, 6.07) is 5.79. The van der Waals surface area contributed by atoms with Crippen molar-refractivity contribution in [3.8, 4) is 0 Å². The average Bonchev–Trinajstić information content (AvgIpc) is 2.25.